The summed E-state index contributed by atoms with van der Waals surface area (Å²) in [4.78, 5) is 30.3. The zero-order chi connectivity index (χ0) is 15.4. The number of anilines is 1. The van der Waals surface area contributed by atoms with Crippen molar-refractivity contribution in [1.82, 2.24) is 9.88 Å². The largest absolute Gasteiger partial charge is 0.322 e. The van der Waals surface area contributed by atoms with Crippen LogP contribution in [0.1, 0.15) is 27.9 Å². The predicted molar refractivity (Wildman–Crippen MR) is 83.8 cm³/mol. The number of nitrogens with zero attached hydrogens (tertiary/aromatic N) is 2. The second-order valence-electron chi connectivity index (χ2n) is 4.78. The molecule has 5 nitrogen and oxygen atoms in total. The number of carbonyl (C=O) groups is 2. The summed E-state index contributed by atoms with van der Waals surface area (Å²) in [6.45, 7) is 3.93. The Morgan fingerprint density at radius 1 is 1.38 bits per heavy atom. The molecule has 0 saturated heterocycles. The Kier molecular flexibility index (Phi) is 4.70. The van der Waals surface area contributed by atoms with Gasteiger partial charge in [-0.15, -0.1) is 11.3 Å². The number of hydrogen-bond acceptors (Lipinski definition) is 4. The van der Waals surface area contributed by atoms with Crippen molar-refractivity contribution >= 4 is 28.8 Å². The number of carbonyl (C=O) groups excluding carboxylic acids is 2. The van der Waals surface area contributed by atoms with Crippen molar-refractivity contribution in [2.75, 3.05) is 12.4 Å². The van der Waals surface area contributed by atoms with Gasteiger partial charge in [-0.25, -0.2) is 9.78 Å². The van der Waals surface area contributed by atoms with E-state index in [2.05, 4.69) is 10.3 Å². The molecule has 0 aliphatic carbocycles. The van der Waals surface area contributed by atoms with Crippen molar-refractivity contribution in [1.29, 1.82) is 0 Å². The number of benzene rings is 1. The second kappa shape index (κ2) is 6.49. The van der Waals surface area contributed by atoms with Gasteiger partial charge in [0.05, 0.1) is 17.7 Å². The second-order valence-corrected chi connectivity index (χ2v) is 5.72. The predicted octanol–water partition coefficient (Wildman–Crippen LogP) is 3.32. The van der Waals surface area contributed by atoms with Gasteiger partial charge < -0.3 is 10.2 Å². The van der Waals surface area contributed by atoms with Crippen LogP contribution >= 0.6 is 11.3 Å². The van der Waals surface area contributed by atoms with E-state index >= 15 is 0 Å². The van der Waals surface area contributed by atoms with Crippen molar-refractivity contribution < 1.29 is 9.59 Å². The normalized spacial score (nSPS) is 10.2. The van der Waals surface area contributed by atoms with Crippen LogP contribution in [0, 0.1) is 6.92 Å². The van der Waals surface area contributed by atoms with E-state index in [1.54, 1.807) is 41.7 Å². The molecule has 0 unspecified atom stereocenters. The first-order valence-electron chi connectivity index (χ1n) is 6.49. The molecule has 6 heteroatoms. The Hall–Kier alpha value is -2.21. The highest BCUT2D eigenvalue weighted by atomic mass is 32.1. The number of rotatable bonds is 4. The van der Waals surface area contributed by atoms with E-state index in [9.17, 15) is 9.59 Å². The molecule has 0 bridgehead atoms. The molecule has 0 saturated carbocycles. The molecule has 2 aromatic rings. The van der Waals surface area contributed by atoms with E-state index in [4.69, 9.17) is 0 Å². The topological polar surface area (TPSA) is 62.3 Å². The molecule has 0 aliphatic rings. The minimum Gasteiger partial charge on any atom is -0.322 e. The summed E-state index contributed by atoms with van der Waals surface area (Å²) in [5.41, 5.74) is 3.90. The number of aromatic nitrogens is 1. The fourth-order valence-electron chi connectivity index (χ4n) is 1.80. The molecule has 1 aromatic heterocycles. The molecule has 1 N–H and O–H groups in total. The Morgan fingerprint density at radius 2 is 2.14 bits per heavy atom. The lowest BCUT2D eigenvalue weighted by Gasteiger charge is -2.17. The smallest absolute Gasteiger partial charge is 0.321 e. The van der Waals surface area contributed by atoms with E-state index < -0.39 is 0 Å². The van der Waals surface area contributed by atoms with Gasteiger partial charge in [0.1, 0.15) is 0 Å². The summed E-state index contributed by atoms with van der Waals surface area (Å²) in [7, 11) is 1.73. The lowest BCUT2D eigenvalue weighted by molar-refractivity contribution is 0.101. The Labute approximate surface area is 127 Å². The molecule has 1 aromatic carbocycles. The fraction of sp³-hybridized carbons (Fsp3) is 0.267. The number of hydrogen-bond donors (Lipinski definition) is 1. The third-order valence-corrected chi connectivity index (χ3v) is 4.01. The van der Waals surface area contributed by atoms with Crippen molar-refractivity contribution in [3.63, 3.8) is 0 Å². The summed E-state index contributed by atoms with van der Waals surface area (Å²) < 4.78 is 0. The van der Waals surface area contributed by atoms with Crippen LogP contribution in [-0.4, -0.2) is 28.7 Å². The molecule has 1 heterocycles. The number of amides is 2. The van der Waals surface area contributed by atoms with E-state index in [1.807, 2.05) is 6.92 Å². The van der Waals surface area contributed by atoms with Gasteiger partial charge in [0, 0.05) is 23.2 Å². The van der Waals surface area contributed by atoms with Crippen LogP contribution in [0.2, 0.25) is 0 Å². The van der Waals surface area contributed by atoms with Crippen LogP contribution in [0.4, 0.5) is 10.5 Å². The van der Waals surface area contributed by atoms with Gasteiger partial charge in [-0.3, -0.25) is 4.79 Å². The summed E-state index contributed by atoms with van der Waals surface area (Å²) in [6.07, 6.45) is 0. The SMILES string of the molecule is CC(=O)c1cccc(NC(=O)N(C)Cc2scnc2C)c1. The zero-order valence-electron chi connectivity index (χ0n) is 12.2. The highest BCUT2D eigenvalue weighted by Crippen LogP contribution is 2.16. The van der Waals surface area contributed by atoms with Gasteiger partial charge in [0.2, 0.25) is 0 Å². The maximum Gasteiger partial charge on any atom is 0.321 e. The van der Waals surface area contributed by atoms with Crippen LogP contribution in [0.5, 0.6) is 0 Å². The number of ketones is 1. The third-order valence-electron chi connectivity index (χ3n) is 3.09. The minimum atomic E-state index is -0.219. The summed E-state index contributed by atoms with van der Waals surface area (Å²) in [6, 6.07) is 6.69. The third kappa shape index (κ3) is 3.88. The molecule has 0 radical (unpaired) electrons. The average molecular weight is 303 g/mol. The molecule has 2 rings (SSSR count). The van der Waals surface area contributed by atoms with Crippen molar-refractivity contribution in [2.45, 2.75) is 20.4 Å². The van der Waals surface area contributed by atoms with E-state index in [1.165, 1.54) is 18.3 Å². The quantitative estimate of drug-likeness (QED) is 0.881. The summed E-state index contributed by atoms with van der Waals surface area (Å²) in [5.74, 6) is -0.0280. The maximum absolute atomic E-state index is 12.1. The first-order valence-corrected chi connectivity index (χ1v) is 7.37. The first kappa shape index (κ1) is 15.2. The first-order chi connectivity index (χ1) is 9.97. The number of urea groups is 1. The van der Waals surface area contributed by atoms with Crippen molar-refractivity contribution in [2.24, 2.45) is 0 Å². The molecular formula is C15H17N3O2S. The van der Waals surface area contributed by atoms with E-state index in [0.29, 0.717) is 17.8 Å². The van der Waals surface area contributed by atoms with Crippen LogP contribution in [-0.2, 0) is 6.54 Å². The van der Waals surface area contributed by atoms with Crippen molar-refractivity contribution in [3.05, 3.63) is 45.9 Å². The monoisotopic (exact) mass is 303 g/mol. The molecular weight excluding hydrogens is 286 g/mol. The number of aryl methyl sites for hydroxylation is 1. The Morgan fingerprint density at radius 3 is 2.76 bits per heavy atom. The lowest BCUT2D eigenvalue weighted by Crippen LogP contribution is -2.30. The van der Waals surface area contributed by atoms with Gasteiger partial charge >= 0.3 is 6.03 Å². The van der Waals surface area contributed by atoms with Gasteiger partial charge in [0.15, 0.2) is 5.78 Å². The zero-order valence-corrected chi connectivity index (χ0v) is 13.0. The number of nitrogens with one attached hydrogen (secondary N) is 1. The van der Waals surface area contributed by atoms with Gasteiger partial charge in [-0.1, -0.05) is 12.1 Å². The minimum absolute atomic E-state index is 0.0280. The molecule has 0 aliphatic heterocycles. The van der Waals surface area contributed by atoms with Gasteiger partial charge in [-0.05, 0) is 26.0 Å². The summed E-state index contributed by atoms with van der Waals surface area (Å²) in [5, 5.41) is 2.79. The van der Waals surface area contributed by atoms with Crippen LogP contribution < -0.4 is 5.32 Å². The van der Waals surface area contributed by atoms with Crippen LogP contribution in [0.25, 0.3) is 0 Å². The van der Waals surface area contributed by atoms with Crippen LogP contribution in [0.15, 0.2) is 29.8 Å². The molecule has 0 fully saturated rings. The van der Waals surface area contributed by atoms with Crippen LogP contribution in [0.3, 0.4) is 0 Å². The van der Waals surface area contributed by atoms with E-state index in [-0.39, 0.29) is 11.8 Å². The molecule has 110 valence electrons. The molecule has 0 atom stereocenters. The highest BCUT2D eigenvalue weighted by Gasteiger charge is 2.12. The number of Topliss-reactive ketones (excluding diaryl/α,β-unsaturated/α-hetero) is 1. The standard InChI is InChI=1S/C15H17N3O2S/c1-10-14(21-9-16-10)8-18(3)15(20)17-13-6-4-5-12(7-13)11(2)19/h4-7,9H,8H2,1-3H3,(H,17,20). The summed E-state index contributed by atoms with van der Waals surface area (Å²) >= 11 is 1.53. The van der Waals surface area contributed by atoms with Gasteiger partial charge in [0.25, 0.3) is 0 Å². The van der Waals surface area contributed by atoms with Crippen molar-refractivity contribution in [3.8, 4) is 0 Å². The molecule has 2 amide bonds. The Balaban J connectivity index is 2.02. The molecule has 0 spiro atoms. The fourth-order valence-corrected chi connectivity index (χ4v) is 2.63. The molecule has 21 heavy (non-hydrogen) atoms. The highest BCUT2D eigenvalue weighted by molar-refractivity contribution is 7.09. The Bertz CT molecular complexity index is 666. The average Bonchev–Trinajstić information content (AvgIpc) is 2.84. The number of thiazole rings is 1. The maximum atomic E-state index is 12.1. The lowest BCUT2D eigenvalue weighted by atomic mass is 10.1. The van der Waals surface area contributed by atoms with E-state index in [0.717, 1.165) is 10.6 Å². The van der Waals surface area contributed by atoms with Gasteiger partial charge in [-0.2, -0.15) is 0 Å².